The van der Waals surface area contributed by atoms with Crippen molar-refractivity contribution < 1.29 is 19.1 Å². The summed E-state index contributed by atoms with van der Waals surface area (Å²) in [5, 5.41) is 0. The minimum absolute atomic E-state index is 0.150. The van der Waals surface area contributed by atoms with Crippen molar-refractivity contribution in [2.24, 2.45) is 0 Å². The van der Waals surface area contributed by atoms with Gasteiger partial charge in [-0.25, -0.2) is 0 Å². The molecular formula is C12H20O4. The molecule has 1 heterocycles. The molecule has 0 aliphatic carbocycles. The number of Topliss-reactive ketones (excluding diaryl/α,β-unsaturated/α-hetero) is 2. The van der Waals surface area contributed by atoms with Gasteiger partial charge in [0.2, 0.25) is 11.6 Å². The van der Waals surface area contributed by atoms with E-state index >= 15 is 0 Å². The van der Waals surface area contributed by atoms with Gasteiger partial charge in [0.05, 0.1) is 6.61 Å². The molecule has 1 saturated heterocycles. The smallest absolute Gasteiger partial charge is 0.232 e. The fourth-order valence-electron chi connectivity index (χ4n) is 1.77. The van der Waals surface area contributed by atoms with E-state index in [9.17, 15) is 9.59 Å². The van der Waals surface area contributed by atoms with Gasteiger partial charge in [-0.15, -0.1) is 0 Å². The second-order valence-electron chi connectivity index (χ2n) is 4.88. The molecule has 1 rings (SSSR count). The third-order valence-electron chi connectivity index (χ3n) is 2.66. The Morgan fingerprint density at radius 2 is 1.88 bits per heavy atom. The van der Waals surface area contributed by atoms with E-state index in [-0.39, 0.29) is 12.4 Å². The Labute approximate surface area is 96.3 Å². The van der Waals surface area contributed by atoms with Gasteiger partial charge in [0.25, 0.3) is 0 Å². The Balaban J connectivity index is 2.64. The van der Waals surface area contributed by atoms with Crippen LogP contribution >= 0.6 is 0 Å². The summed E-state index contributed by atoms with van der Waals surface area (Å²) in [6, 6.07) is 0. The summed E-state index contributed by atoms with van der Waals surface area (Å²) in [5.74, 6) is -1.60. The van der Waals surface area contributed by atoms with Crippen molar-refractivity contribution in [1.29, 1.82) is 0 Å². The number of carbonyl (C=O) groups excluding carboxylic acids is 2. The monoisotopic (exact) mass is 228 g/mol. The number of rotatable bonds is 5. The van der Waals surface area contributed by atoms with Crippen LogP contribution in [-0.2, 0) is 19.1 Å². The van der Waals surface area contributed by atoms with Gasteiger partial charge < -0.3 is 9.47 Å². The summed E-state index contributed by atoms with van der Waals surface area (Å²) in [5.41, 5.74) is -1.10. The minimum Gasteiger partial charge on any atom is -0.347 e. The van der Waals surface area contributed by atoms with Crippen LogP contribution in [0.5, 0.6) is 0 Å². The van der Waals surface area contributed by atoms with Gasteiger partial charge in [-0.1, -0.05) is 13.3 Å². The van der Waals surface area contributed by atoms with E-state index in [1.165, 1.54) is 0 Å². The molecule has 4 nitrogen and oxygen atoms in total. The van der Waals surface area contributed by atoms with Gasteiger partial charge in [-0.05, 0) is 27.2 Å². The van der Waals surface area contributed by atoms with Gasteiger partial charge >= 0.3 is 0 Å². The van der Waals surface area contributed by atoms with Crippen molar-refractivity contribution >= 4 is 11.6 Å². The summed E-state index contributed by atoms with van der Waals surface area (Å²) < 4.78 is 10.8. The molecule has 0 saturated carbocycles. The van der Waals surface area contributed by atoms with Crippen molar-refractivity contribution in [3.05, 3.63) is 0 Å². The number of hydrogen-bond acceptors (Lipinski definition) is 4. The fourth-order valence-corrected chi connectivity index (χ4v) is 1.77. The van der Waals surface area contributed by atoms with Crippen LogP contribution in [0.1, 0.15) is 47.0 Å². The maximum atomic E-state index is 11.9. The van der Waals surface area contributed by atoms with Crippen molar-refractivity contribution in [3.63, 3.8) is 0 Å². The predicted octanol–water partition coefficient (Wildman–Crippen LogP) is 1.86. The molecule has 1 aliphatic rings. The predicted molar refractivity (Wildman–Crippen MR) is 59.1 cm³/mol. The lowest BCUT2D eigenvalue weighted by Crippen LogP contribution is -2.43. The molecule has 0 radical (unpaired) electrons. The number of unbranched alkanes of at least 4 members (excludes halogenated alkanes) is 1. The van der Waals surface area contributed by atoms with E-state index in [1.807, 2.05) is 6.92 Å². The molecule has 0 spiro atoms. The molecule has 16 heavy (non-hydrogen) atoms. The lowest BCUT2D eigenvalue weighted by Gasteiger charge is -2.22. The molecule has 0 aromatic carbocycles. The third kappa shape index (κ3) is 2.89. The van der Waals surface area contributed by atoms with Crippen LogP contribution in [0.15, 0.2) is 0 Å². The Kier molecular flexibility index (Phi) is 3.86. The van der Waals surface area contributed by atoms with E-state index < -0.39 is 17.2 Å². The third-order valence-corrected chi connectivity index (χ3v) is 2.66. The zero-order chi connectivity index (χ0) is 12.4. The Hall–Kier alpha value is -0.740. The molecular weight excluding hydrogens is 208 g/mol. The highest BCUT2D eigenvalue weighted by molar-refractivity contribution is 6.40. The first-order chi connectivity index (χ1) is 7.31. The van der Waals surface area contributed by atoms with Crippen LogP contribution in [0.4, 0.5) is 0 Å². The summed E-state index contributed by atoms with van der Waals surface area (Å²) in [6.07, 6.45) is 1.94. The van der Waals surface area contributed by atoms with E-state index in [1.54, 1.807) is 20.8 Å². The topological polar surface area (TPSA) is 52.6 Å². The first kappa shape index (κ1) is 13.3. The first-order valence-electron chi connectivity index (χ1n) is 5.72. The standard InChI is InChI=1S/C12H20O4/c1-5-6-7-9(13)10(14)12(4)8-15-11(2,3)16-12/h5-8H2,1-4H3/t12-/m0/s1. The summed E-state index contributed by atoms with van der Waals surface area (Å²) >= 11 is 0. The Morgan fingerprint density at radius 3 is 2.31 bits per heavy atom. The normalized spacial score (nSPS) is 28.0. The minimum atomic E-state index is -1.10. The molecule has 4 heteroatoms. The van der Waals surface area contributed by atoms with Crippen molar-refractivity contribution in [3.8, 4) is 0 Å². The van der Waals surface area contributed by atoms with Crippen LogP contribution in [-0.4, -0.2) is 29.6 Å². The molecule has 0 aromatic heterocycles. The quantitative estimate of drug-likeness (QED) is 0.674. The molecule has 1 aliphatic heterocycles. The van der Waals surface area contributed by atoms with Crippen LogP contribution in [0.2, 0.25) is 0 Å². The number of carbonyl (C=O) groups is 2. The van der Waals surface area contributed by atoms with E-state index in [0.717, 1.165) is 12.8 Å². The number of hydrogen-bond donors (Lipinski definition) is 0. The number of ketones is 2. The largest absolute Gasteiger partial charge is 0.347 e. The van der Waals surface area contributed by atoms with Gasteiger partial charge in [-0.2, -0.15) is 0 Å². The Bertz CT molecular complexity index is 295. The second-order valence-corrected chi connectivity index (χ2v) is 4.88. The number of ether oxygens (including phenoxy) is 2. The Morgan fingerprint density at radius 1 is 1.25 bits per heavy atom. The summed E-state index contributed by atoms with van der Waals surface area (Å²) in [4.78, 5) is 23.5. The first-order valence-corrected chi connectivity index (χ1v) is 5.72. The van der Waals surface area contributed by atoms with Gasteiger partial charge in [0.15, 0.2) is 11.4 Å². The van der Waals surface area contributed by atoms with E-state index in [0.29, 0.717) is 6.42 Å². The summed E-state index contributed by atoms with van der Waals surface area (Å²) in [7, 11) is 0. The second kappa shape index (κ2) is 4.63. The molecule has 0 bridgehead atoms. The van der Waals surface area contributed by atoms with Crippen LogP contribution in [0.25, 0.3) is 0 Å². The van der Waals surface area contributed by atoms with E-state index in [2.05, 4.69) is 0 Å². The molecule has 1 atom stereocenters. The van der Waals surface area contributed by atoms with Crippen LogP contribution in [0, 0.1) is 0 Å². The van der Waals surface area contributed by atoms with Crippen molar-refractivity contribution in [2.45, 2.75) is 58.3 Å². The van der Waals surface area contributed by atoms with Gasteiger partial charge in [0.1, 0.15) is 0 Å². The maximum Gasteiger partial charge on any atom is 0.232 e. The zero-order valence-electron chi connectivity index (χ0n) is 10.5. The van der Waals surface area contributed by atoms with Gasteiger partial charge in [-0.3, -0.25) is 9.59 Å². The molecule has 1 fully saturated rings. The highest BCUT2D eigenvalue weighted by atomic mass is 16.8. The fraction of sp³-hybridized carbons (Fsp3) is 0.833. The van der Waals surface area contributed by atoms with Crippen LogP contribution < -0.4 is 0 Å². The lowest BCUT2D eigenvalue weighted by atomic mass is 9.96. The average molecular weight is 228 g/mol. The molecule has 0 amide bonds. The molecule has 0 aromatic rings. The highest BCUT2D eigenvalue weighted by Crippen LogP contribution is 2.31. The lowest BCUT2D eigenvalue weighted by molar-refractivity contribution is -0.171. The molecule has 0 unspecified atom stereocenters. The van der Waals surface area contributed by atoms with E-state index in [4.69, 9.17) is 9.47 Å². The SMILES string of the molecule is CCCCC(=O)C(=O)[C@]1(C)COC(C)(C)O1. The molecule has 0 N–H and O–H groups in total. The van der Waals surface area contributed by atoms with Crippen LogP contribution in [0.3, 0.4) is 0 Å². The van der Waals surface area contributed by atoms with Crippen molar-refractivity contribution in [1.82, 2.24) is 0 Å². The van der Waals surface area contributed by atoms with Crippen molar-refractivity contribution in [2.75, 3.05) is 6.61 Å². The van der Waals surface area contributed by atoms with Gasteiger partial charge in [0, 0.05) is 6.42 Å². The zero-order valence-corrected chi connectivity index (χ0v) is 10.5. The highest BCUT2D eigenvalue weighted by Gasteiger charge is 2.49. The maximum absolute atomic E-state index is 11.9. The molecule has 92 valence electrons. The average Bonchev–Trinajstić information content (AvgIpc) is 2.49. The summed E-state index contributed by atoms with van der Waals surface area (Å²) in [6.45, 7) is 7.23.